The summed E-state index contributed by atoms with van der Waals surface area (Å²) in [6, 6.07) is 6.36. The zero-order chi connectivity index (χ0) is 13.1. The van der Waals surface area contributed by atoms with Gasteiger partial charge in [-0.2, -0.15) is 0 Å². The van der Waals surface area contributed by atoms with Gasteiger partial charge in [0.1, 0.15) is 0 Å². The minimum atomic E-state index is 0.456. The Kier molecular flexibility index (Phi) is 4.04. The molecule has 4 heteroatoms. The summed E-state index contributed by atoms with van der Waals surface area (Å²) in [4.78, 5) is 4.39. The van der Waals surface area contributed by atoms with E-state index in [1.165, 1.54) is 0 Å². The fourth-order valence-corrected chi connectivity index (χ4v) is 2.16. The number of hydrogen-bond acceptors (Lipinski definition) is 2. The Balaban J connectivity index is 2.24. The molecule has 0 amide bonds. The number of rotatable bonds is 4. The first-order chi connectivity index (χ1) is 8.58. The van der Waals surface area contributed by atoms with Crippen molar-refractivity contribution in [3.05, 3.63) is 47.0 Å². The highest BCUT2D eigenvalue weighted by Crippen LogP contribution is 2.23. The fourth-order valence-electron chi connectivity index (χ4n) is 1.84. The van der Waals surface area contributed by atoms with Crippen molar-refractivity contribution >= 4 is 11.6 Å². The monoisotopic (exact) mass is 263 g/mol. The Morgan fingerprint density at radius 3 is 2.83 bits per heavy atom. The zero-order valence-electron chi connectivity index (χ0n) is 10.9. The van der Waals surface area contributed by atoms with Crippen molar-refractivity contribution in [1.82, 2.24) is 14.9 Å². The minimum absolute atomic E-state index is 0.456. The van der Waals surface area contributed by atoms with Crippen LogP contribution in [-0.2, 0) is 6.54 Å². The number of para-hydroxylation sites is 1. The maximum Gasteiger partial charge on any atom is 0.0996 e. The third-order valence-corrected chi connectivity index (χ3v) is 3.08. The van der Waals surface area contributed by atoms with Crippen LogP contribution < -0.4 is 5.32 Å². The standard InChI is InChI=1S/C14H18ClN3/c1-10(2)16-7-12-8-18(9-17-12)14-11(3)5-4-6-13(14)15/h4-6,8-10,16H,7H2,1-3H3. The normalized spacial score (nSPS) is 11.2. The molecule has 0 atom stereocenters. The predicted octanol–water partition coefficient (Wildman–Crippen LogP) is 3.33. The highest BCUT2D eigenvalue weighted by atomic mass is 35.5. The Morgan fingerprint density at radius 1 is 1.39 bits per heavy atom. The minimum Gasteiger partial charge on any atom is -0.309 e. The third kappa shape index (κ3) is 2.92. The Hall–Kier alpha value is -1.32. The second kappa shape index (κ2) is 5.55. The van der Waals surface area contributed by atoms with Gasteiger partial charge in [-0.25, -0.2) is 4.98 Å². The van der Waals surface area contributed by atoms with E-state index in [2.05, 4.69) is 24.1 Å². The van der Waals surface area contributed by atoms with Crippen molar-refractivity contribution < 1.29 is 0 Å². The summed E-state index contributed by atoms with van der Waals surface area (Å²) < 4.78 is 1.98. The Morgan fingerprint density at radius 2 is 2.17 bits per heavy atom. The molecular formula is C14H18ClN3. The molecule has 0 bridgehead atoms. The molecule has 0 radical (unpaired) electrons. The average molecular weight is 264 g/mol. The molecular weight excluding hydrogens is 246 g/mol. The summed E-state index contributed by atoms with van der Waals surface area (Å²) in [6.07, 6.45) is 3.83. The molecule has 1 aromatic carbocycles. The van der Waals surface area contributed by atoms with E-state index in [4.69, 9.17) is 11.6 Å². The van der Waals surface area contributed by atoms with Gasteiger partial charge in [0, 0.05) is 18.8 Å². The molecule has 18 heavy (non-hydrogen) atoms. The van der Waals surface area contributed by atoms with Crippen molar-refractivity contribution in [3.63, 3.8) is 0 Å². The number of nitrogens with one attached hydrogen (secondary N) is 1. The topological polar surface area (TPSA) is 29.9 Å². The molecule has 1 heterocycles. The van der Waals surface area contributed by atoms with Gasteiger partial charge < -0.3 is 9.88 Å². The van der Waals surface area contributed by atoms with Crippen LogP contribution in [0, 0.1) is 6.92 Å². The van der Waals surface area contributed by atoms with Crippen molar-refractivity contribution in [3.8, 4) is 5.69 Å². The highest BCUT2D eigenvalue weighted by molar-refractivity contribution is 6.32. The van der Waals surface area contributed by atoms with Gasteiger partial charge in [0.05, 0.1) is 22.7 Å². The number of hydrogen-bond donors (Lipinski definition) is 1. The van der Waals surface area contributed by atoms with Gasteiger partial charge in [0.15, 0.2) is 0 Å². The molecule has 0 aliphatic rings. The van der Waals surface area contributed by atoms with Crippen LogP contribution in [0.5, 0.6) is 0 Å². The van der Waals surface area contributed by atoms with Crippen LogP contribution >= 0.6 is 11.6 Å². The predicted molar refractivity (Wildman–Crippen MR) is 75.3 cm³/mol. The Labute approximate surface area is 113 Å². The summed E-state index contributed by atoms with van der Waals surface area (Å²) in [6.45, 7) is 7.06. The van der Waals surface area contributed by atoms with Gasteiger partial charge in [-0.15, -0.1) is 0 Å². The van der Waals surface area contributed by atoms with Gasteiger partial charge in [-0.05, 0) is 18.6 Å². The first kappa shape index (κ1) is 13.1. The van der Waals surface area contributed by atoms with Crippen LogP contribution in [0.15, 0.2) is 30.7 Å². The lowest BCUT2D eigenvalue weighted by atomic mass is 10.2. The van der Waals surface area contributed by atoms with Gasteiger partial charge in [-0.1, -0.05) is 37.6 Å². The van der Waals surface area contributed by atoms with Gasteiger partial charge in [-0.3, -0.25) is 0 Å². The second-order valence-electron chi connectivity index (χ2n) is 4.71. The average Bonchev–Trinajstić information content (AvgIpc) is 2.75. The van der Waals surface area contributed by atoms with E-state index in [1.807, 2.05) is 42.2 Å². The van der Waals surface area contributed by atoms with E-state index >= 15 is 0 Å². The van der Waals surface area contributed by atoms with Crippen molar-refractivity contribution in [2.45, 2.75) is 33.4 Å². The number of nitrogens with zero attached hydrogens (tertiary/aromatic N) is 2. The number of aromatic nitrogens is 2. The van der Waals surface area contributed by atoms with Gasteiger partial charge >= 0.3 is 0 Å². The maximum atomic E-state index is 6.24. The van der Waals surface area contributed by atoms with E-state index < -0.39 is 0 Å². The lowest BCUT2D eigenvalue weighted by Crippen LogP contribution is -2.21. The van der Waals surface area contributed by atoms with Crippen LogP contribution in [0.3, 0.4) is 0 Å². The highest BCUT2D eigenvalue weighted by Gasteiger charge is 2.07. The summed E-state index contributed by atoms with van der Waals surface area (Å²) in [7, 11) is 0. The molecule has 2 aromatic rings. The first-order valence-electron chi connectivity index (χ1n) is 6.09. The summed E-state index contributed by atoms with van der Waals surface area (Å²) >= 11 is 6.24. The van der Waals surface area contributed by atoms with E-state index in [0.717, 1.165) is 28.5 Å². The van der Waals surface area contributed by atoms with Gasteiger partial charge in [0.2, 0.25) is 0 Å². The summed E-state index contributed by atoms with van der Waals surface area (Å²) in [5.41, 5.74) is 3.16. The van der Waals surface area contributed by atoms with Gasteiger partial charge in [0.25, 0.3) is 0 Å². The number of benzene rings is 1. The summed E-state index contributed by atoms with van der Waals surface area (Å²) in [5, 5.41) is 4.09. The molecule has 0 spiro atoms. The molecule has 1 N–H and O–H groups in total. The number of aryl methyl sites for hydroxylation is 1. The largest absolute Gasteiger partial charge is 0.309 e. The molecule has 96 valence electrons. The molecule has 0 saturated heterocycles. The van der Waals surface area contributed by atoms with E-state index in [0.29, 0.717) is 6.04 Å². The maximum absolute atomic E-state index is 6.24. The SMILES string of the molecule is Cc1cccc(Cl)c1-n1cnc(CNC(C)C)c1. The van der Waals surface area contributed by atoms with E-state index in [1.54, 1.807) is 0 Å². The molecule has 0 aliphatic carbocycles. The quantitative estimate of drug-likeness (QED) is 0.917. The lowest BCUT2D eigenvalue weighted by Gasteiger charge is -2.08. The molecule has 2 rings (SSSR count). The van der Waals surface area contributed by atoms with Crippen LogP contribution in [0.2, 0.25) is 5.02 Å². The van der Waals surface area contributed by atoms with Crippen LogP contribution in [-0.4, -0.2) is 15.6 Å². The van der Waals surface area contributed by atoms with Crippen molar-refractivity contribution in [2.24, 2.45) is 0 Å². The molecule has 0 aliphatic heterocycles. The molecule has 0 saturated carbocycles. The zero-order valence-corrected chi connectivity index (χ0v) is 11.7. The van der Waals surface area contributed by atoms with Crippen LogP contribution in [0.25, 0.3) is 5.69 Å². The Bertz CT molecular complexity index is 511. The van der Waals surface area contributed by atoms with E-state index in [9.17, 15) is 0 Å². The van der Waals surface area contributed by atoms with Crippen LogP contribution in [0.1, 0.15) is 25.1 Å². The number of halogens is 1. The third-order valence-electron chi connectivity index (χ3n) is 2.77. The smallest absolute Gasteiger partial charge is 0.0996 e. The number of imidazole rings is 1. The second-order valence-corrected chi connectivity index (χ2v) is 5.12. The molecule has 3 nitrogen and oxygen atoms in total. The fraction of sp³-hybridized carbons (Fsp3) is 0.357. The molecule has 0 unspecified atom stereocenters. The van der Waals surface area contributed by atoms with Crippen LogP contribution in [0.4, 0.5) is 0 Å². The molecule has 0 fully saturated rings. The summed E-state index contributed by atoms with van der Waals surface area (Å²) in [5.74, 6) is 0. The van der Waals surface area contributed by atoms with Crippen molar-refractivity contribution in [1.29, 1.82) is 0 Å². The lowest BCUT2D eigenvalue weighted by molar-refractivity contribution is 0.582. The first-order valence-corrected chi connectivity index (χ1v) is 6.47. The van der Waals surface area contributed by atoms with Crippen molar-refractivity contribution in [2.75, 3.05) is 0 Å². The molecule has 1 aromatic heterocycles. The van der Waals surface area contributed by atoms with E-state index in [-0.39, 0.29) is 0 Å².